The van der Waals surface area contributed by atoms with Gasteiger partial charge in [0.05, 0.1) is 9.92 Å². The molecule has 19 heavy (non-hydrogen) atoms. The summed E-state index contributed by atoms with van der Waals surface area (Å²) in [6.45, 7) is 0. The molecule has 0 saturated carbocycles. The van der Waals surface area contributed by atoms with E-state index in [1.54, 1.807) is 6.07 Å². The van der Waals surface area contributed by atoms with E-state index in [2.05, 4.69) is 0 Å². The summed E-state index contributed by atoms with van der Waals surface area (Å²) in [4.78, 5) is -0.280. The van der Waals surface area contributed by atoms with Gasteiger partial charge in [-0.15, -0.1) is 0 Å². The summed E-state index contributed by atoms with van der Waals surface area (Å²) in [7, 11) is -4.56. The molecule has 0 amide bonds. The Morgan fingerprint density at radius 2 is 1.74 bits per heavy atom. The van der Waals surface area contributed by atoms with Crippen LogP contribution in [0.2, 0.25) is 5.02 Å². The molecule has 2 aromatic rings. The predicted molar refractivity (Wildman–Crippen MR) is 67.7 cm³/mol. The smallest absolute Gasteiger partial charge is 0.744 e. The molecule has 2 aromatic carbocycles. The van der Waals surface area contributed by atoms with E-state index >= 15 is 0 Å². The van der Waals surface area contributed by atoms with Gasteiger partial charge in [0.1, 0.15) is 10.1 Å². The molecule has 92 valence electrons. The summed E-state index contributed by atoms with van der Waals surface area (Å²) in [6.07, 6.45) is 0.433. The number of hydrogen-bond donors (Lipinski definition) is 0. The normalized spacial score (nSPS) is 12.5. The van der Waals surface area contributed by atoms with Gasteiger partial charge in [0.15, 0.2) is 0 Å². The van der Waals surface area contributed by atoms with Crippen LogP contribution < -0.4 is 29.6 Å². The van der Waals surface area contributed by atoms with Crippen molar-refractivity contribution in [2.24, 2.45) is 0 Å². The molecule has 3 rings (SSSR count). The fourth-order valence-electron chi connectivity index (χ4n) is 2.43. The third-order valence-electron chi connectivity index (χ3n) is 3.14. The van der Waals surface area contributed by atoms with Crippen LogP contribution >= 0.6 is 11.6 Å². The zero-order valence-electron chi connectivity index (χ0n) is 10.2. The zero-order valence-corrected chi connectivity index (χ0v) is 13.8. The number of rotatable bonds is 1. The molecule has 0 fully saturated rings. The van der Waals surface area contributed by atoms with Crippen LogP contribution in [-0.2, 0) is 16.5 Å². The second-order valence-electron chi connectivity index (χ2n) is 4.19. The van der Waals surface area contributed by atoms with Crippen LogP contribution in [0.4, 0.5) is 0 Å². The van der Waals surface area contributed by atoms with Crippen LogP contribution in [0.3, 0.4) is 0 Å². The minimum Gasteiger partial charge on any atom is -0.744 e. The van der Waals surface area contributed by atoms with Gasteiger partial charge in [-0.1, -0.05) is 41.9 Å². The van der Waals surface area contributed by atoms with E-state index in [0.29, 0.717) is 12.0 Å². The molecule has 1 aliphatic carbocycles. The molecule has 0 bridgehead atoms. The summed E-state index contributed by atoms with van der Waals surface area (Å²) in [5, 5.41) is -0.00319. The van der Waals surface area contributed by atoms with E-state index in [9.17, 15) is 13.0 Å². The van der Waals surface area contributed by atoms with Gasteiger partial charge in [-0.2, -0.15) is 0 Å². The van der Waals surface area contributed by atoms with Gasteiger partial charge < -0.3 is 4.55 Å². The molecule has 6 heteroatoms. The zero-order chi connectivity index (χ0) is 12.9. The maximum absolute atomic E-state index is 11.3. The Morgan fingerprint density at radius 3 is 2.42 bits per heavy atom. The third-order valence-corrected chi connectivity index (χ3v) is 4.53. The first kappa shape index (κ1) is 15.0. The molecule has 0 aliphatic heterocycles. The minimum atomic E-state index is -4.56. The van der Waals surface area contributed by atoms with Crippen molar-refractivity contribution in [3.8, 4) is 11.1 Å². The van der Waals surface area contributed by atoms with E-state index in [1.807, 2.05) is 24.3 Å². The van der Waals surface area contributed by atoms with Gasteiger partial charge >= 0.3 is 29.6 Å². The van der Waals surface area contributed by atoms with Crippen LogP contribution in [-0.4, -0.2) is 13.0 Å². The van der Waals surface area contributed by atoms with E-state index in [-0.39, 0.29) is 39.5 Å². The van der Waals surface area contributed by atoms with Crippen LogP contribution in [0.25, 0.3) is 11.1 Å². The van der Waals surface area contributed by atoms with Crippen LogP contribution in [0.5, 0.6) is 0 Å². The van der Waals surface area contributed by atoms with Crippen molar-refractivity contribution < 1.29 is 42.5 Å². The Bertz CT molecular complexity index is 756. The first-order chi connectivity index (χ1) is 8.48. The molecule has 0 N–H and O–H groups in total. The summed E-state index contributed by atoms with van der Waals surface area (Å²) in [5.41, 5.74) is 3.27. The summed E-state index contributed by atoms with van der Waals surface area (Å²) in [5.74, 6) is 0. The number of halogens is 1. The van der Waals surface area contributed by atoms with Gasteiger partial charge in [-0.25, -0.2) is 8.42 Å². The van der Waals surface area contributed by atoms with E-state index < -0.39 is 10.1 Å². The molecule has 0 unspecified atom stereocenters. The van der Waals surface area contributed by atoms with Crippen molar-refractivity contribution in [1.82, 2.24) is 0 Å². The van der Waals surface area contributed by atoms with E-state index in [0.717, 1.165) is 16.7 Å². The average Bonchev–Trinajstić information content (AvgIpc) is 2.64. The van der Waals surface area contributed by atoms with E-state index in [1.165, 1.54) is 6.07 Å². The molecule has 0 radical (unpaired) electrons. The topological polar surface area (TPSA) is 57.2 Å². The van der Waals surface area contributed by atoms with Gasteiger partial charge in [-0.3, -0.25) is 0 Å². The third kappa shape index (κ3) is 2.49. The molecule has 0 heterocycles. The fraction of sp³-hybridized carbons (Fsp3) is 0.0769. The first-order valence-electron chi connectivity index (χ1n) is 5.34. The van der Waals surface area contributed by atoms with Crippen molar-refractivity contribution >= 4 is 21.7 Å². The van der Waals surface area contributed by atoms with Crippen molar-refractivity contribution in [3.63, 3.8) is 0 Å². The van der Waals surface area contributed by atoms with Gasteiger partial charge in [0.2, 0.25) is 0 Å². The quantitative estimate of drug-likeness (QED) is 0.463. The molecule has 0 aromatic heterocycles. The first-order valence-corrected chi connectivity index (χ1v) is 7.12. The maximum Gasteiger partial charge on any atom is 1.00 e. The second kappa shape index (κ2) is 5.20. The Hall–Kier alpha value is -0.360. The van der Waals surface area contributed by atoms with Crippen LogP contribution in [0.15, 0.2) is 41.3 Å². The summed E-state index contributed by atoms with van der Waals surface area (Å²) < 4.78 is 34.0. The second-order valence-corrected chi connectivity index (χ2v) is 5.91. The summed E-state index contributed by atoms with van der Waals surface area (Å²) in [6, 6.07) is 10.8. The molecular weight excluding hydrogens is 295 g/mol. The van der Waals surface area contributed by atoms with Crippen molar-refractivity contribution in [2.45, 2.75) is 11.3 Å². The Morgan fingerprint density at radius 1 is 1.05 bits per heavy atom. The number of fused-ring (bicyclic) bond motifs is 3. The monoisotopic (exact) mass is 302 g/mol. The van der Waals surface area contributed by atoms with Crippen LogP contribution in [0.1, 0.15) is 11.1 Å². The number of benzene rings is 2. The van der Waals surface area contributed by atoms with Crippen molar-refractivity contribution in [1.29, 1.82) is 0 Å². The van der Waals surface area contributed by atoms with Gasteiger partial charge in [0.25, 0.3) is 0 Å². The molecule has 0 atom stereocenters. The Kier molecular flexibility index (Phi) is 4.12. The fourth-order valence-corrected chi connectivity index (χ4v) is 3.68. The van der Waals surface area contributed by atoms with Gasteiger partial charge in [0, 0.05) is 0 Å². The SMILES string of the molecule is O=S(=O)([O-])c1c(Cl)ccc2c1Cc1ccccc1-2.[Na+]. The predicted octanol–water partition coefficient (Wildman–Crippen LogP) is -0.181. The average molecular weight is 303 g/mol. The molecule has 1 aliphatic rings. The van der Waals surface area contributed by atoms with Crippen LogP contribution in [0, 0.1) is 0 Å². The molecule has 0 saturated heterocycles. The Labute approximate surface area is 138 Å². The van der Waals surface area contributed by atoms with Crippen molar-refractivity contribution in [2.75, 3.05) is 0 Å². The number of hydrogen-bond acceptors (Lipinski definition) is 3. The molecule has 3 nitrogen and oxygen atoms in total. The largest absolute Gasteiger partial charge is 1.00 e. The molecule has 0 spiro atoms. The standard InChI is InChI=1S/C13H9ClO3S.Na/c14-12-6-5-10-9-4-2-1-3-8(9)7-11(10)13(12)18(15,16)17;/h1-6H,7H2,(H,15,16,17);/q;+1/p-1. The minimum absolute atomic E-state index is 0. The Balaban J connectivity index is 0.00000133. The van der Waals surface area contributed by atoms with E-state index in [4.69, 9.17) is 11.6 Å². The maximum atomic E-state index is 11.3. The summed E-state index contributed by atoms with van der Waals surface area (Å²) >= 11 is 5.86. The molecular formula is C13H8ClNaO3S. The van der Waals surface area contributed by atoms with Gasteiger partial charge in [-0.05, 0) is 34.7 Å². The van der Waals surface area contributed by atoms with Crippen molar-refractivity contribution in [3.05, 3.63) is 52.5 Å².